The van der Waals surface area contributed by atoms with Gasteiger partial charge >= 0.3 is 6.09 Å². The Hall–Kier alpha value is -2.83. The third kappa shape index (κ3) is 2.02. The van der Waals surface area contributed by atoms with Crippen molar-refractivity contribution in [1.82, 2.24) is 20.3 Å². The van der Waals surface area contributed by atoms with E-state index in [-0.39, 0.29) is 6.04 Å². The molecule has 112 valence electrons. The topological polar surface area (TPSA) is 94.1 Å². The first-order valence-electron chi connectivity index (χ1n) is 7.17. The molecular weight excluding hydrogens is 282 g/mol. The largest absolute Gasteiger partial charge is 0.465 e. The number of nitrogens with one attached hydrogen (secondary N) is 2. The van der Waals surface area contributed by atoms with Crippen LogP contribution in [-0.2, 0) is 0 Å². The fourth-order valence-corrected chi connectivity index (χ4v) is 3.14. The fourth-order valence-electron chi connectivity index (χ4n) is 3.14. The van der Waals surface area contributed by atoms with E-state index in [0.29, 0.717) is 6.54 Å². The standard InChI is InChI=1S/C15H15N5O2/c21-15(22)19-10-3-6-20(8-10)14-12-9(1-4-17-14)7-18-13-11(12)2-5-16-13/h1-2,4-5,7,10,19H,3,6,8H2,(H,16,18)(H,21,22). The van der Waals surface area contributed by atoms with Crippen molar-refractivity contribution < 1.29 is 9.90 Å². The number of fused-ring (bicyclic) bond motifs is 3. The zero-order valence-corrected chi connectivity index (χ0v) is 11.8. The maximum absolute atomic E-state index is 10.8. The second-order valence-corrected chi connectivity index (χ2v) is 5.48. The van der Waals surface area contributed by atoms with Gasteiger partial charge in [-0.15, -0.1) is 0 Å². The maximum Gasteiger partial charge on any atom is 0.404 e. The maximum atomic E-state index is 10.8. The van der Waals surface area contributed by atoms with Crippen molar-refractivity contribution >= 4 is 33.7 Å². The van der Waals surface area contributed by atoms with Crippen LogP contribution in [0, 0.1) is 0 Å². The van der Waals surface area contributed by atoms with Gasteiger partial charge in [0, 0.05) is 47.8 Å². The van der Waals surface area contributed by atoms with Crippen LogP contribution in [-0.4, -0.2) is 45.3 Å². The average molecular weight is 297 g/mol. The Kier molecular flexibility index (Phi) is 2.85. The minimum Gasteiger partial charge on any atom is -0.465 e. The molecule has 0 bridgehead atoms. The number of carboxylic acid groups (broad SMARTS) is 1. The molecule has 0 aliphatic carbocycles. The molecule has 4 rings (SSSR count). The third-order valence-electron chi connectivity index (χ3n) is 4.11. The smallest absolute Gasteiger partial charge is 0.404 e. The number of rotatable bonds is 2. The van der Waals surface area contributed by atoms with Gasteiger partial charge in [0.15, 0.2) is 0 Å². The van der Waals surface area contributed by atoms with Gasteiger partial charge in [-0.2, -0.15) is 0 Å². The van der Waals surface area contributed by atoms with Crippen molar-refractivity contribution in [3.63, 3.8) is 0 Å². The number of hydrogen-bond acceptors (Lipinski definition) is 4. The highest BCUT2D eigenvalue weighted by Crippen LogP contribution is 2.32. The van der Waals surface area contributed by atoms with Gasteiger partial charge in [-0.1, -0.05) is 0 Å². The summed E-state index contributed by atoms with van der Waals surface area (Å²) in [5, 5.41) is 14.5. The molecule has 1 aliphatic heterocycles. The van der Waals surface area contributed by atoms with Crippen LogP contribution < -0.4 is 10.2 Å². The number of aromatic amines is 1. The van der Waals surface area contributed by atoms with Crippen molar-refractivity contribution in [3.05, 3.63) is 30.7 Å². The normalized spacial score (nSPS) is 18.2. The summed E-state index contributed by atoms with van der Waals surface area (Å²) in [6, 6.07) is 3.89. The highest BCUT2D eigenvalue weighted by Gasteiger charge is 2.26. The molecule has 1 amide bonds. The van der Waals surface area contributed by atoms with Crippen LogP contribution in [0.1, 0.15) is 6.42 Å². The molecule has 0 spiro atoms. The minimum atomic E-state index is -0.977. The van der Waals surface area contributed by atoms with Gasteiger partial charge in [-0.3, -0.25) is 0 Å². The number of pyridine rings is 2. The molecular formula is C15H15N5O2. The summed E-state index contributed by atoms with van der Waals surface area (Å²) in [5.41, 5.74) is 0.834. The zero-order valence-electron chi connectivity index (χ0n) is 11.8. The van der Waals surface area contributed by atoms with Crippen molar-refractivity contribution in [2.75, 3.05) is 18.0 Å². The summed E-state index contributed by atoms with van der Waals surface area (Å²) in [6.45, 7) is 1.41. The Morgan fingerprint density at radius 1 is 1.41 bits per heavy atom. The van der Waals surface area contributed by atoms with E-state index >= 15 is 0 Å². The first kappa shape index (κ1) is 12.9. The molecule has 0 radical (unpaired) electrons. The van der Waals surface area contributed by atoms with Gasteiger partial charge in [0.2, 0.25) is 0 Å². The third-order valence-corrected chi connectivity index (χ3v) is 4.11. The first-order chi connectivity index (χ1) is 10.7. The molecule has 3 N–H and O–H groups in total. The lowest BCUT2D eigenvalue weighted by molar-refractivity contribution is 0.191. The first-order valence-corrected chi connectivity index (χ1v) is 7.17. The highest BCUT2D eigenvalue weighted by molar-refractivity contribution is 6.10. The SMILES string of the molecule is O=C(O)NC1CCN(c2nccc3cnc4[nH]ccc4c23)C1. The number of amides is 1. The summed E-state index contributed by atoms with van der Waals surface area (Å²) >= 11 is 0. The number of anilines is 1. The number of aromatic nitrogens is 3. The summed E-state index contributed by atoms with van der Waals surface area (Å²) in [4.78, 5) is 25.0. The van der Waals surface area contributed by atoms with Crippen LogP contribution in [0.25, 0.3) is 21.8 Å². The predicted molar refractivity (Wildman–Crippen MR) is 83.2 cm³/mol. The number of nitrogens with zero attached hydrogens (tertiary/aromatic N) is 3. The van der Waals surface area contributed by atoms with E-state index in [1.54, 1.807) is 6.20 Å². The van der Waals surface area contributed by atoms with E-state index < -0.39 is 6.09 Å². The molecule has 3 aromatic heterocycles. The second kappa shape index (κ2) is 4.87. The van der Waals surface area contributed by atoms with Crippen LogP contribution in [0.2, 0.25) is 0 Å². The molecule has 1 fully saturated rings. The van der Waals surface area contributed by atoms with E-state index in [0.717, 1.165) is 40.6 Å². The van der Waals surface area contributed by atoms with Crippen LogP contribution >= 0.6 is 0 Å². The van der Waals surface area contributed by atoms with E-state index in [9.17, 15) is 4.79 Å². The molecule has 7 heteroatoms. The Labute approximate surface area is 126 Å². The molecule has 1 unspecified atom stereocenters. The van der Waals surface area contributed by atoms with Gasteiger partial charge in [0.1, 0.15) is 11.5 Å². The Bertz CT molecular complexity index is 859. The van der Waals surface area contributed by atoms with Gasteiger partial charge < -0.3 is 20.3 Å². The number of carbonyl (C=O) groups is 1. The molecule has 3 aromatic rings. The lowest BCUT2D eigenvalue weighted by Crippen LogP contribution is -2.36. The summed E-state index contributed by atoms with van der Waals surface area (Å²) < 4.78 is 0. The molecule has 1 aliphatic rings. The van der Waals surface area contributed by atoms with Crippen molar-refractivity contribution in [3.8, 4) is 0 Å². The minimum absolute atomic E-state index is 0.0573. The molecule has 1 atom stereocenters. The van der Waals surface area contributed by atoms with Crippen molar-refractivity contribution in [1.29, 1.82) is 0 Å². The van der Waals surface area contributed by atoms with E-state index in [1.165, 1.54) is 0 Å². The summed E-state index contributed by atoms with van der Waals surface area (Å²) in [6.07, 6.45) is 5.28. The molecule has 22 heavy (non-hydrogen) atoms. The van der Waals surface area contributed by atoms with Crippen LogP contribution in [0.3, 0.4) is 0 Å². The van der Waals surface area contributed by atoms with Gasteiger partial charge in [0.25, 0.3) is 0 Å². The molecule has 7 nitrogen and oxygen atoms in total. The monoisotopic (exact) mass is 297 g/mol. The quantitative estimate of drug-likeness (QED) is 0.672. The Morgan fingerprint density at radius 3 is 3.18 bits per heavy atom. The van der Waals surface area contributed by atoms with Crippen molar-refractivity contribution in [2.45, 2.75) is 12.5 Å². The van der Waals surface area contributed by atoms with Crippen LogP contribution in [0.15, 0.2) is 30.7 Å². The highest BCUT2D eigenvalue weighted by atomic mass is 16.4. The molecule has 1 saturated heterocycles. The molecule has 0 aromatic carbocycles. The van der Waals surface area contributed by atoms with Gasteiger partial charge in [0.05, 0.1) is 6.04 Å². The lowest BCUT2D eigenvalue weighted by Gasteiger charge is -2.19. The van der Waals surface area contributed by atoms with Crippen LogP contribution in [0.5, 0.6) is 0 Å². The second-order valence-electron chi connectivity index (χ2n) is 5.48. The zero-order chi connectivity index (χ0) is 15.1. The van der Waals surface area contributed by atoms with E-state index in [4.69, 9.17) is 5.11 Å². The number of H-pyrrole nitrogens is 1. The number of hydrogen-bond donors (Lipinski definition) is 3. The fraction of sp³-hybridized carbons (Fsp3) is 0.267. The van der Waals surface area contributed by atoms with E-state index in [1.807, 2.05) is 24.5 Å². The molecule has 4 heterocycles. The summed E-state index contributed by atoms with van der Waals surface area (Å²) in [5.74, 6) is 0.888. The Balaban J connectivity index is 1.79. The van der Waals surface area contributed by atoms with E-state index in [2.05, 4.69) is 25.2 Å². The van der Waals surface area contributed by atoms with Gasteiger partial charge in [-0.25, -0.2) is 14.8 Å². The summed E-state index contributed by atoms with van der Waals surface area (Å²) in [7, 11) is 0. The van der Waals surface area contributed by atoms with Crippen LogP contribution in [0.4, 0.5) is 10.6 Å². The predicted octanol–water partition coefficient (Wildman–Crippen LogP) is 1.96. The van der Waals surface area contributed by atoms with Gasteiger partial charge in [-0.05, 0) is 18.6 Å². The Morgan fingerprint density at radius 2 is 2.32 bits per heavy atom. The molecule has 0 saturated carbocycles. The van der Waals surface area contributed by atoms with Crippen molar-refractivity contribution in [2.24, 2.45) is 0 Å². The lowest BCUT2D eigenvalue weighted by atomic mass is 10.1. The average Bonchev–Trinajstić information content (AvgIpc) is 3.14.